The molecular formula is C45H78N2O13. The first kappa shape index (κ1) is 50.8. The average Bonchev–Trinajstić information content (AvgIpc) is 3.18. The summed E-state index contributed by atoms with van der Waals surface area (Å²) in [6, 6.07) is -0.690. The molecule has 0 unspecified atom stereocenters. The monoisotopic (exact) mass is 855 g/mol. The van der Waals surface area contributed by atoms with Crippen molar-refractivity contribution in [3.63, 3.8) is 0 Å². The van der Waals surface area contributed by atoms with Gasteiger partial charge < -0.3 is 63.4 Å². The van der Waals surface area contributed by atoms with Crippen LogP contribution in [0, 0.1) is 29.6 Å². The molecule has 0 aromatic heterocycles. The van der Waals surface area contributed by atoms with Crippen LogP contribution < -0.4 is 0 Å². The van der Waals surface area contributed by atoms with E-state index in [0.717, 1.165) is 26.1 Å². The Morgan fingerprint density at radius 3 is 2.02 bits per heavy atom. The number of likely N-dealkylation sites (N-methyl/N-ethyl adjacent to an activating group) is 1. The van der Waals surface area contributed by atoms with Gasteiger partial charge in [0.05, 0.1) is 43.0 Å². The van der Waals surface area contributed by atoms with Crippen LogP contribution in [0.3, 0.4) is 0 Å². The molecule has 0 spiro atoms. The zero-order valence-corrected chi connectivity index (χ0v) is 38.2. The van der Waals surface area contributed by atoms with Crippen LogP contribution in [0.2, 0.25) is 0 Å². The Hall–Kier alpha value is -1.86. The largest absolute Gasteiger partial charge is 0.459 e. The zero-order chi connectivity index (χ0) is 44.6. The minimum Gasteiger partial charge on any atom is -0.459 e. The third kappa shape index (κ3) is 13.1. The minimum atomic E-state index is -1.24. The Balaban J connectivity index is 1.72. The molecule has 60 heavy (non-hydrogen) atoms. The maximum absolute atomic E-state index is 14.0. The SMILES string of the molecule is CC[C@H]1OC(=O)C[C@@H](O)[C@H](C)[C@@H](O[C@@H]2O[C@H](C)[C@@H](O)[C@H](N(C)C)[C@H]2O)[C@@H](CCN2C[C@H](C)C[C@H](C)C2)C[C@@H](C)C(=O)/C=C/C(C)=C/[C@@H]1O[C@@H]1O[C@H](C)[C@@H](O)[C@@H](OC)[C@H]1OC. The number of likely N-dealkylation sites (tertiary alicyclic amines) is 1. The summed E-state index contributed by atoms with van der Waals surface area (Å²) in [5.74, 6) is -1.10. The topological polar surface area (TPSA) is 186 Å². The molecule has 0 aliphatic carbocycles. The normalized spacial score (nSPS) is 44.9. The summed E-state index contributed by atoms with van der Waals surface area (Å²) in [5.41, 5.74) is 0.679. The zero-order valence-electron chi connectivity index (χ0n) is 38.2. The first-order valence-corrected chi connectivity index (χ1v) is 22.2. The Labute approximate surface area is 358 Å². The molecule has 15 nitrogen and oxygen atoms in total. The van der Waals surface area contributed by atoms with E-state index in [1.807, 2.05) is 27.7 Å². The van der Waals surface area contributed by atoms with Gasteiger partial charge >= 0.3 is 5.97 Å². The summed E-state index contributed by atoms with van der Waals surface area (Å²) in [7, 11) is 6.49. The van der Waals surface area contributed by atoms with Gasteiger partial charge in [-0.3, -0.25) is 9.59 Å². The molecule has 0 aromatic rings. The van der Waals surface area contributed by atoms with Crippen LogP contribution in [0.1, 0.15) is 87.5 Å². The predicted octanol–water partition coefficient (Wildman–Crippen LogP) is 3.09. The van der Waals surface area contributed by atoms with E-state index in [4.69, 9.17) is 33.2 Å². The van der Waals surface area contributed by atoms with Crippen molar-refractivity contribution in [3.05, 3.63) is 23.8 Å². The number of aliphatic hydroxyl groups excluding tert-OH is 4. The number of nitrogens with zero attached hydrogens (tertiary/aromatic N) is 2. The smallest absolute Gasteiger partial charge is 0.308 e. The highest BCUT2D eigenvalue weighted by molar-refractivity contribution is 5.91. The van der Waals surface area contributed by atoms with Crippen molar-refractivity contribution in [2.24, 2.45) is 29.6 Å². The lowest BCUT2D eigenvalue weighted by Crippen LogP contribution is -2.63. The van der Waals surface area contributed by atoms with Crippen molar-refractivity contribution in [2.75, 3.05) is 47.9 Å². The number of carbonyl (C=O) groups excluding carboxylic acids is 2. The molecule has 3 saturated heterocycles. The number of hydrogen-bond acceptors (Lipinski definition) is 15. The first-order chi connectivity index (χ1) is 28.3. The number of hydrogen-bond donors (Lipinski definition) is 4. The molecule has 0 amide bonds. The first-order valence-electron chi connectivity index (χ1n) is 22.2. The van der Waals surface area contributed by atoms with Crippen LogP contribution in [0.5, 0.6) is 0 Å². The molecule has 15 heteroatoms. The molecule has 19 atom stereocenters. The fraction of sp³-hybridized carbons (Fsp3) is 0.867. The van der Waals surface area contributed by atoms with E-state index in [1.54, 1.807) is 51.1 Å². The molecule has 0 radical (unpaired) electrons. The lowest BCUT2D eigenvalue weighted by atomic mass is 9.79. The minimum absolute atomic E-state index is 0.0953. The molecular weight excluding hydrogens is 776 g/mol. The highest BCUT2D eigenvalue weighted by Gasteiger charge is 2.48. The Morgan fingerprint density at radius 2 is 1.42 bits per heavy atom. The molecule has 0 aromatic carbocycles. The van der Waals surface area contributed by atoms with Crippen LogP contribution in [0.25, 0.3) is 0 Å². The molecule has 346 valence electrons. The molecule has 4 aliphatic heterocycles. The summed E-state index contributed by atoms with van der Waals surface area (Å²) in [6.45, 7) is 18.0. The fourth-order valence-corrected chi connectivity index (χ4v) is 9.74. The number of ether oxygens (including phenoxy) is 7. The quantitative estimate of drug-likeness (QED) is 0.222. The third-order valence-electron chi connectivity index (χ3n) is 13.1. The number of cyclic esters (lactones) is 1. The number of esters is 1. The van der Waals surface area contributed by atoms with Gasteiger partial charge in [-0.2, -0.15) is 0 Å². The number of methoxy groups -OCH3 is 2. The van der Waals surface area contributed by atoms with E-state index in [-0.39, 0.29) is 18.1 Å². The van der Waals surface area contributed by atoms with Crippen LogP contribution in [-0.4, -0.2) is 176 Å². The van der Waals surface area contributed by atoms with Crippen LogP contribution in [-0.2, 0) is 42.7 Å². The second-order valence-corrected chi connectivity index (χ2v) is 18.6. The molecule has 4 rings (SSSR count). The average molecular weight is 855 g/mol. The van der Waals surface area contributed by atoms with E-state index in [0.29, 0.717) is 36.7 Å². The van der Waals surface area contributed by atoms with Crippen molar-refractivity contribution < 1.29 is 63.2 Å². The third-order valence-corrected chi connectivity index (χ3v) is 13.1. The van der Waals surface area contributed by atoms with Crippen LogP contribution >= 0.6 is 0 Å². The van der Waals surface area contributed by atoms with Crippen molar-refractivity contribution in [2.45, 2.75) is 173 Å². The van der Waals surface area contributed by atoms with E-state index in [2.05, 4.69) is 18.7 Å². The Kier molecular flexibility index (Phi) is 19.6. The molecule has 3 fully saturated rings. The highest BCUT2D eigenvalue weighted by atomic mass is 16.7. The maximum Gasteiger partial charge on any atom is 0.308 e. The number of allylic oxidation sites excluding steroid dienone is 3. The number of carbonyl (C=O) groups is 2. The lowest BCUT2D eigenvalue weighted by molar-refractivity contribution is -0.313. The second kappa shape index (κ2) is 23.2. The van der Waals surface area contributed by atoms with E-state index in [9.17, 15) is 30.0 Å². The van der Waals surface area contributed by atoms with Gasteiger partial charge in [0, 0.05) is 39.1 Å². The van der Waals surface area contributed by atoms with E-state index >= 15 is 0 Å². The van der Waals surface area contributed by atoms with Gasteiger partial charge in [-0.1, -0.05) is 46.3 Å². The predicted molar refractivity (Wildman–Crippen MR) is 225 cm³/mol. The number of rotatable bonds is 11. The summed E-state index contributed by atoms with van der Waals surface area (Å²) < 4.78 is 42.9. The molecule has 0 saturated carbocycles. The second-order valence-electron chi connectivity index (χ2n) is 18.6. The van der Waals surface area contributed by atoms with E-state index < -0.39 is 104 Å². The van der Waals surface area contributed by atoms with Gasteiger partial charge in [0.25, 0.3) is 0 Å². The van der Waals surface area contributed by atoms with Gasteiger partial charge in [-0.05, 0) is 97.0 Å². The van der Waals surface area contributed by atoms with Crippen molar-refractivity contribution in [1.29, 1.82) is 0 Å². The summed E-state index contributed by atoms with van der Waals surface area (Å²) in [6.07, 6.45) is -4.80. The highest BCUT2D eigenvalue weighted by Crippen LogP contribution is 2.36. The van der Waals surface area contributed by atoms with Gasteiger partial charge in [0.15, 0.2) is 18.4 Å². The van der Waals surface area contributed by atoms with Crippen LogP contribution in [0.4, 0.5) is 0 Å². The van der Waals surface area contributed by atoms with Gasteiger partial charge in [0.1, 0.15) is 36.6 Å². The maximum atomic E-state index is 14.0. The summed E-state index contributed by atoms with van der Waals surface area (Å²) >= 11 is 0. The molecule has 4 N–H and O–H groups in total. The molecule has 4 heterocycles. The van der Waals surface area contributed by atoms with Gasteiger partial charge in [-0.15, -0.1) is 0 Å². The number of piperidine rings is 1. The Bertz CT molecular complexity index is 1400. The number of aliphatic hydroxyl groups is 4. The summed E-state index contributed by atoms with van der Waals surface area (Å²) in [4.78, 5) is 32.1. The Morgan fingerprint density at radius 1 is 0.800 bits per heavy atom. The molecule has 0 bridgehead atoms. The standard InChI is InChI=1S/C45H78N2O13/c1-13-34-35(59-45-43(55-12)42(54-11)39(52)30(8)57-45)19-24(2)14-15-32(48)27(5)20-31(16-17-47-22-25(3)18-26(4)23-47)41(28(6)33(49)21-36(50)58-34)60-44-40(53)37(46(9)10)38(51)29(7)56-44/h14-15,19,25-31,33-35,37-45,49,51-53H,13,16-18,20-23H2,1-12H3/b15-14+,24-19+/t25-,26+,27-,28+,29-,30-,31+,33-,34-,35+,37+,38-,39-,40-,41-,42-,43-,44+,45+/m1/s1. The van der Waals surface area contributed by atoms with E-state index in [1.165, 1.54) is 14.2 Å². The lowest BCUT2D eigenvalue weighted by Gasteiger charge is -2.47. The summed E-state index contributed by atoms with van der Waals surface area (Å²) in [5, 5.41) is 45.3. The molecule has 4 aliphatic rings. The number of ketones is 1. The van der Waals surface area contributed by atoms with Crippen molar-refractivity contribution >= 4 is 11.8 Å². The van der Waals surface area contributed by atoms with Crippen molar-refractivity contribution in [1.82, 2.24) is 9.80 Å². The fourth-order valence-electron chi connectivity index (χ4n) is 9.74. The van der Waals surface area contributed by atoms with Gasteiger partial charge in [0.2, 0.25) is 0 Å². The van der Waals surface area contributed by atoms with Crippen molar-refractivity contribution in [3.8, 4) is 0 Å². The van der Waals surface area contributed by atoms with Crippen LogP contribution in [0.15, 0.2) is 23.8 Å². The van der Waals surface area contributed by atoms with Gasteiger partial charge in [-0.25, -0.2) is 0 Å².